The van der Waals surface area contributed by atoms with Gasteiger partial charge in [0, 0.05) is 0 Å². The first-order valence-corrected chi connectivity index (χ1v) is 11.5. The number of carbonyl (C=O) groups is 2. The van der Waals surface area contributed by atoms with E-state index in [2.05, 4.69) is 15.9 Å². The number of hydrogen-bond acceptors (Lipinski definition) is 5. The van der Waals surface area contributed by atoms with E-state index in [0.717, 1.165) is 28.5 Å². The highest BCUT2D eigenvalue weighted by Gasteiger charge is 2.35. The predicted molar refractivity (Wildman–Crippen MR) is 129 cm³/mol. The first-order valence-electron chi connectivity index (χ1n) is 9.88. The standard InChI is InChI=1S/C25H20BrNO4S/c1-30-21-13-19(12-20(26)23(21)31-16-18-10-6-3-7-11-18)14-22-24(28)27(25(29)32-22)15-17-8-4-2-5-9-17/h2-14H,15-16H2,1H3/b22-14-. The first kappa shape index (κ1) is 22.2. The van der Waals surface area contributed by atoms with Gasteiger partial charge in [-0.15, -0.1) is 0 Å². The van der Waals surface area contributed by atoms with Gasteiger partial charge in [-0.05, 0) is 62.6 Å². The number of halogens is 1. The zero-order chi connectivity index (χ0) is 22.5. The molecule has 162 valence electrons. The van der Waals surface area contributed by atoms with Gasteiger partial charge in [0.2, 0.25) is 0 Å². The van der Waals surface area contributed by atoms with Crippen molar-refractivity contribution in [1.29, 1.82) is 0 Å². The first-order chi connectivity index (χ1) is 15.5. The molecule has 0 spiro atoms. The van der Waals surface area contributed by atoms with Gasteiger partial charge in [0.15, 0.2) is 11.5 Å². The molecule has 0 aromatic heterocycles. The van der Waals surface area contributed by atoms with Gasteiger partial charge >= 0.3 is 0 Å². The highest BCUT2D eigenvalue weighted by atomic mass is 79.9. The maximum absolute atomic E-state index is 12.8. The maximum Gasteiger partial charge on any atom is 0.293 e. The molecule has 0 unspecified atom stereocenters. The van der Waals surface area contributed by atoms with Crippen molar-refractivity contribution in [2.45, 2.75) is 13.2 Å². The van der Waals surface area contributed by atoms with Crippen LogP contribution in [0.4, 0.5) is 4.79 Å². The Morgan fingerprint density at radius 3 is 2.28 bits per heavy atom. The molecule has 32 heavy (non-hydrogen) atoms. The number of hydrogen-bond donors (Lipinski definition) is 0. The van der Waals surface area contributed by atoms with Gasteiger partial charge in [-0.2, -0.15) is 0 Å². The summed E-state index contributed by atoms with van der Waals surface area (Å²) in [7, 11) is 1.56. The molecule has 0 radical (unpaired) electrons. The third kappa shape index (κ3) is 5.06. The molecule has 0 bridgehead atoms. The summed E-state index contributed by atoms with van der Waals surface area (Å²) in [4.78, 5) is 26.9. The zero-order valence-corrected chi connectivity index (χ0v) is 19.7. The third-order valence-corrected chi connectivity index (χ3v) is 6.33. The van der Waals surface area contributed by atoms with E-state index < -0.39 is 0 Å². The summed E-state index contributed by atoms with van der Waals surface area (Å²) in [6, 6.07) is 22.9. The largest absolute Gasteiger partial charge is 0.493 e. The Hall–Kier alpha value is -3.03. The van der Waals surface area contributed by atoms with E-state index in [1.807, 2.05) is 66.7 Å². The molecule has 4 rings (SSSR count). The Labute approximate surface area is 199 Å². The van der Waals surface area contributed by atoms with Crippen LogP contribution in [0.5, 0.6) is 11.5 Å². The number of methoxy groups -OCH3 is 1. The van der Waals surface area contributed by atoms with Crippen LogP contribution in [0.1, 0.15) is 16.7 Å². The summed E-state index contributed by atoms with van der Waals surface area (Å²) in [5.74, 6) is 0.805. The Morgan fingerprint density at radius 1 is 0.969 bits per heavy atom. The molecule has 1 aliphatic heterocycles. The van der Waals surface area contributed by atoms with Crippen LogP contribution in [0.25, 0.3) is 6.08 Å². The Morgan fingerprint density at radius 2 is 1.62 bits per heavy atom. The van der Waals surface area contributed by atoms with Gasteiger partial charge < -0.3 is 9.47 Å². The van der Waals surface area contributed by atoms with Crippen molar-refractivity contribution < 1.29 is 19.1 Å². The molecule has 3 aromatic carbocycles. The summed E-state index contributed by atoms with van der Waals surface area (Å²) in [5, 5.41) is -0.279. The van der Waals surface area contributed by atoms with Gasteiger partial charge in [-0.1, -0.05) is 60.7 Å². The van der Waals surface area contributed by atoms with Crippen LogP contribution in [-0.4, -0.2) is 23.2 Å². The average Bonchev–Trinajstić information content (AvgIpc) is 3.06. The fourth-order valence-electron chi connectivity index (χ4n) is 3.25. The summed E-state index contributed by atoms with van der Waals surface area (Å²) < 4.78 is 12.2. The van der Waals surface area contributed by atoms with Crippen molar-refractivity contribution in [2.24, 2.45) is 0 Å². The van der Waals surface area contributed by atoms with Crippen molar-refractivity contribution >= 4 is 44.9 Å². The molecule has 1 aliphatic rings. The third-order valence-electron chi connectivity index (χ3n) is 4.83. The Bertz CT molecular complexity index is 1170. The Balaban J connectivity index is 1.54. The number of rotatable bonds is 7. The van der Waals surface area contributed by atoms with Gasteiger partial charge in [-0.3, -0.25) is 14.5 Å². The predicted octanol–water partition coefficient (Wildman–Crippen LogP) is 6.27. The smallest absolute Gasteiger partial charge is 0.293 e. The van der Waals surface area contributed by atoms with E-state index in [1.165, 1.54) is 4.90 Å². The second-order valence-electron chi connectivity index (χ2n) is 7.06. The fourth-order valence-corrected chi connectivity index (χ4v) is 4.66. The minimum atomic E-state index is -0.302. The lowest BCUT2D eigenvalue weighted by Crippen LogP contribution is -2.27. The molecular formula is C25H20BrNO4S. The number of imide groups is 1. The lowest BCUT2D eigenvalue weighted by atomic mass is 10.1. The van der Waals surface area contributed by atoms with Crippen LogP contribution in [0.3, 0.4) is 0 Å². The molecule has 3 aromatic rings. The van der Waals surface area contributed by atoms with E-state index >= 15 is 0 Å². The molecule has 2 amide bonds. The van der Waals surface area contributed by atoms with Gasteiger partial charge in [0.1, 0.15) is 6.61 Å². The van der Waals surface area contributed by atoms with Crippen molar-refractivity contribution in [3.05, 3.63) is 98.9 Å². The maximum atomic E-state index is 12.8. The lowest BCUT2D eigenvalue weighted by Gasteiger charge is -2.14. The number of nitrogens with zero attached hydrogens (tertiary/aromatic N) is 1. The number of amides is 2. The molecule has 0 aliphatic carbocycles. The van der Waals surface area contributed by atoms with Gasteiger partial charge in [0.05, 0.1) is 23.0 Å². The Kier molecular flexibility index (Phi) is 6.97. The normalized spacial score (nSPS) is 14.8. The van der Waals surface area contributed by atoms with Gasteiger partial charge in [0.25, 0.3) is 11.1 Å². The monoisotopic (exact) mass is 509 g/mol. The van der Waals surface area contributed by atoms with Crippen LogP contribution in [0.2, 0.25) is 0 Å². The van der Waals surface area contributed by atoms with Crippen LogP contribution in [-0.2, 0) is 17.9 Å². The number of ether oxygens (including phenoxy) is 2. The average molecular weight is 510 g/mol. The van der Waals surface area contributed by atoms with Crippen LogP contribution >= 0.6 is 27.7 Å². The molecule has 0 atom stereocenters. The molecule has 7 heteroatoms. The SMILES string of the molecule is COc1cc(/C=C2\SC(=O)N(Cc3ccccc3)C2=O)cc(Br)c1OCc1ccccc1. The fraction of sp³-hybridized carbons (Fsp3) is 0.120. The van der Waals surface area contributed by atoms with Crippen molar-refractivity contribution in [2.75, 3.05) is 7.11 Å². The van der Waals surface area contributed by atoms with E-state index in [-0.39, 0.29) is 17.7 Å². The highest BCUT2D eigenvalue weighted by Crippen LogP contribution is 2.39. The van der Waals surface area contributed by atoms with E-state index in [4.69, 9.17) is 9.47 Å². The lowest BCUT2D eigenvalue weighted by molar-refractivity contribution is -0.123. The van der Waals surface area contributed by atoms with Crippen molar-refractivity contribution in [1.82, 2.24) is 4.90 Å². The van der Waals surface area contributed by atoms with E-state index in [9.17, 15) is 9.59 Å². The van der Waals surface area contributed by atoms with Crippen molar-refractivity contribution in [3.63, 3.8) is 0 Å². The van der Waals surface area contributed by atoms with Gasteiger partial charge in [-0.25, -0.2) is 0 Å². The minimum Gasteiger partial charge on any atom is -0.493 e. The molecule has 1 saturated heterocycles. The zero-order valence-electron chi connectivity index (χ0n) is 17.3. The van der Waals surface area contributed by atoms with E-state index in [0.29, 0.717) is 27.5 Å². The van der Waals surface area contributed by atoms with Crippen LogP contribution in [0.15, 0.2) is 82.2 Å². The quantitative estimate of drug-likeness (QED) is 0.351. The van der Waals surface area contributed by atoms with Crippen LogP contribution < -0.4 is 9.47 Å². The molecule has 0 N–H and O–H groups in total. The molecule has 5 nitrogen and oxygen atoms in total. The molecule has 1 fully saturated rings. The summed E-state index contributed by atoms with van der Waals surface area (Å²) in [5.41, 5.74) is 2.67. The number of carbonyl (C=O) groups excluding carboxylic acids is 2. The number of benzene rings is 3. The molecule has 0 saturated carbocycles. The number of thioether (sulfide) groups is 1. The molecule has 1 heterocycles. The summed E-state index contributed by atoms with van der Waals surface area (Å²) in [6.45, 7) is 0.648. The summed E-state index contributed by atoms with van der Waals surface area (Å²) in [6.07, 6.45) is 1.70. The second-order valence-corrected chi connectivity index (χ2v) is 8.91. The second kappa shape index (κ2) is 10.1. The molecular weight excluding hydrogens is 490 g/mol. The topological polar surface area (TPSA) is 55.8 Å². The van der Waals surface area contributed by atoms with Crippen LogP contribution in [0, 0.1) is 0 Å². The highest BCUT2D eigenvalue weighted by molar-refractivity contribution is 9.10. The minimum absolute atomic E-state index is 0.252. The van der Waals surface area contributed by atoms with E-state index in [1.54, 1.807) is 19.3 Å². The summed E-state index contributed by atoms with van der Waals surface area (Å²) >= 11 is 4.48. The van der Waals surface area contributed by atoms with Crippen molar-refractivity contribution in [3.8, 4) is 11.5 Å².